The molecule has 0 atom stereocenters. The molecule has 5 nitrogen and oxygen atoms in total. The summed E-state index contributed by atoms with van der Waals surface area (Å²) in [5.74, 6) is -0.164. The third-order valence-electron chi connectivity index (χ3n) is 4.42. The van der Waals surface area contributed by atoms with Gasteiger partial charge in [-0.2, -0.15) is 0 Å². The van der Waals surface area contributed by atoms with Crippen LogP contribution >= 0.6 is 0 Å². The lowest BCUT2D eigenvalue weighted by atomic mass is 9.97. The van der Waals surface area contributed by atoms with Crippen LogP contribution in [0, 0.1) is 0 Å². The molecule has 1 aliphatic carbocycles. The van der Waals surface area contributed by atoms with Crippen molar-refractivity contribution in [3.63, 3.8) is 0 Å². The average molecular weight is 318 g/mol. The van der Waals surface area contributed by atoms with Gasteiger partial charge in [-0.25, -0.2) is 0 Å². The summed E-state index contributed by atoms with van der Waals surface area (Å²) in [6.45, 7) is 0.439. The summed E-state index contributed by atoms with van der Waals surface area (Å²) in [6.07, 6.45) is 8.97. The minimum absolute atomic E-state index is 0.0129. The largest absolute Gasteiger partial charge is 0.355 e. The van der Waals surface area contributed by atoms with Gasteiger partial charge in [0.05, 0.1) is 6.04 Å². The molecule has 1 aromatic rings. The van der Waals surface area contributed by atoms with Gasteiger partial charge >= 0.3 is 0 Å². The Balaban J connectivity index is 1.81. The standard InChI is InChI=1S/C18H27N3O2/c1-19-18(23)14-8-7-11-16(12-14)21-17(22)13-20-15-9-5-3-2-4-6-10-15/h7-8,11-12,15,20H,2-6,9-10,13H2,1H3,(H,19,23)(H,21,22)/p+1. The van der Waals surface area contributed by atoms with Gasteiger partial charge in [-0.05, 0) is 43.9 Å². The number of nitrogens with two attached hydrogens (primary N) is 1. The molecule has 0 spiro atoms. The van der Waals surface area contributed by atoms with E-state index in [2.05, 4.69) is 16.0 Å². The Labute approximate surface area is 138 Å². The van der Waals surface area contributed by atoms with E-state index >= 15 is 0 Å². The topological polar surface area (TPSA) is 74.8 Å². The molecule has 0 radical (unpaired) electrons. The van der Waals surface area contributed by atoms with Gasteiger partial charge in [0.25, 0.3) is 11.8 Å². The van der Waals surface area contributed by atoms with E-state index in [4.69, 9.17) is 0 Å². The van der Waals surface area contributed by atoms with E-state index < -0.39 is 0 Å². The van der Waals surface area contributed by atoms with Crippen molar-refractivity contribution >= 4 is 17.5 Å². The fourth-order valence-corrected chi connectivity index (χ4v) is 3.09. The highest BCUT2D eigenvalue weighted by atomic mass is 16.2. The molecule has 23 heavy (non-hydrogen) atoms. The number of hydrogen-bond donors (Lipinski definition) is 3. The molecule has 1 aliphatic rings. The molecule has 1 aromatic carbocycles. The summed E-state index contributed by atoms with van der Waals surface area (Å²) in [7, 11) is 1.59. The third-order valence-corrected chi connectivity index (χ3v) is 4.42. The lowest BCUT2D eigenvalue weighted by molar-refractivity contribution is -0.680. The van der Waals surface area contributed by atoms with E-state index in [9.17, 15) is 9.59 Å². The van der Waals surface area contributed by atoms with Crippen LogP contribution in [0.2, 0.25) is 0 Å². The lowest BCUT2D eigenvalue weighted by Crippen LogP contribution is -2.91. The van der Waals surface area contributed by atoms with Crippen molar-refractivity contribution in [2.45, 2.75) is 51.0 Å². The number of nitrogens with one attached hydrogen (secondary N) is 2. The van der Waals surface area contributed by atoms with E-state index in [0.717, 1.165) is 0 Å². The summed E-state index contributed by atoms with van der Waals surface area (Å²) >= 11 is 0. The zero-order valence-corrected chi connectivity index (χ0v) is 13.9. The van der Waals surface area contributed by atoms with Crippen molar-refractivity contribution < 1.29 is 14.9 Å². The summed E-state index contributed by atoms with van der Waals surface area (Å²) in [4.78, 5) is 23.7. The zero-order chi connectivity index (χ0) is 16.5. The van der Waals surface area contributed by atoms with Gasteiger partial charge in [0, 0.05) is 18.3 Å². The number of rotatable bonds is 5. The maximum absolute atomic E-state index is 12.1. The summed E-state index contributed by atoms with van der Waals surface area (Å²) < 4.78 is 0. The Bertz CT molecular complexity index is 523. The van der Waals surface area contributed by atoms with Gasteiger partial charge in [-0.1, -0.05) is 25.3 Å². The molecule has 0 bridgehead atoms. The molecule has 126 valence electrons. The molecule has 0 saturated heterocycles. The molecule has 0 unspecified atom stereocenters. The van der Waals surface area contributed by atoms with Crippen molar-refractivity contribution in [1.82, 2.24) is 5.32 Å². The van der Waals surface area contributed by atoms with Crippen molar-refractivity contribution in [1.29, 1.82) is 0 Å². The molecule has 5 heteroatoms. The van der Waals surface area contributed by atoms with E-state index in [1.165, 1.54) is 44.9 Å². The number of anilines is 1. The summed E-state index contributed by atoms with van der Waals surface area (Å²) in [5.41, 5.74) is 1.22. The lowest BCUT2D eigenvalue weighted by Gasteiger charge is -2.18. The fourth-order valence-electron chi connectivity index (χ4n) is 3.09. The van der Waals surface area contributed by atoms with Crippen LogP contribution in [0.4, 0.5) is 5.69 Å². The van der Waals surface area contributed by atoms with Crippen LogP contribution in [0.3, 0.4) is 0 Å². The number of carbonyl (C=O) groups excluding carboxylic acids is 2. The highest BCUT2D eigenvalue weighted by Gasteiger charge is 2.16. The first kappa shape index (κ1) is 17.5. The Kier molecular flexibility index (Phi) is 7.07. The van der Waals surface area contributed by atoms with Crippen molar-refractivity contribution in [3.05, 3.63) is 29.8 Å². The van der Waals surface area contributed by atoms with Crippen LogP contribution in [0.5, 0.6) is 0 Å². The smallest absolute Gasteiger partial charge is 0.279 e. The van der Waals surface area contributed by atoms with E-state index in [1.807, 2.05) is 0 Å². The van der Waals surface area contributed by atoms with Crippen LogP contribution in [-0.4, -0.2) is 31.4 Å². The van der Waals surface area contributed by atoms with Gasteiger partial charge in [-0.3, -0.25) is 9.59 Å². The Morgan fingerprint density at radius 1 is 1.13 bits per heavy atom. The van der Waals surface area contributed by atoms with Crippen LogP contribution in [0.25, 0.3) is 0 Å². The number of benzene rings is 1. The van der Waals surface area contributed by atoms with E-state index in [0.29, 0.717) is 23.8 Å². The molecule has 4 N–H and O–H groups in total. The minimum Gasteiger partial charge on any atom is -0.355 e. The van der Waals surface area contributed by atoms with Crippen molar-refractivity contribution in [2.24, 2.45) is 0 Å². The maximum atomic E-state index is 12.1. The van der Waals surface area contributed by atoms with Crippen LogP contribution in [0.1, 0.15) is 55.3 Å². The first-order valence-electron chi connectivity index (χ1n) is 8.64. The Morgan fingerprint density at radius 3 is 2.52 bits per heavy atom. The van der Waals surface area contributed by atoms with Gasteiger partial charge < -0.3 is 16.0 Å². The molecule has 1 fully saturated rings. The van der Waals surface area contributed by atoms with Gasteiger partial charge in [-0.15, -0.1) is 0 Å². The summed E-state index contributed by atoms with van der Waals surface area (Å²) in [5, 5.41) is 7.63. The molecule has 2 amide bonds. The van der Waals surface area contributed by atoms with Crippen LogP contribution < -0.4 is 16.0 Å². The second kappa shape index (κ2) is 9.30. The first-order chi connectivity index (χ1) is 11.2. The maximum Gasteiger partial charge on any atom is 0.279 e. The predicted octanol–water partition coefficient (Wildman–Crippen LogP) is 1.66. The zero-order valence-electron chi connectivity index (χ0n) is 13.9. The van der Waals surface area contributed by atoms with Gasteiger partial charge in [0.15, 0.2) is 6.54 Å². The monoisotopic (exact) mass is 318 g/mol. The predicted molar refractivity (Wildman–Crippen MR) is 91.4 cm³/mol. The second-order valence-corrected chi connectivity index (χ2v) is 6.25. The van der Waals surface area contributed by atoms with E-state index in [1.54, 1.807) is 31.3 Å². The van der Waals surface area contributed by atoms with Gasteiger partial charge in [0.1, 0.15) is 0 Å². The SMILES string of the molecule is CNC(=O)c1cccc(NC(=O)C[NH2+]C2CCCCCCC2)c1. The molecule has 0 aromatic heterocycles. The molecular formula is C18H28N3O2+. The third kappa shape index (κ3) is 6.02. The molecule has 0 heterocycles. The average Bonchev–Trinajstić information content (AvgIpc) is 2.53. The quantitative estimate of drug-likeness (QED) is 0.772. The molecular weight excluding hydrogens is 290 g/mol. The van der Waals surface area contributed by atoms with Crippen LogP contribution in [-0.2, 0) is 4.79 Å². The molecule has 1 saturated carbocycles. The number of amides is 2. The van der Waals surface area contributed by atoms with Crippen LogP contribution in [0.15, 0.2) is 24.3 Å². The molecule has 0 aliphatic heterocycles. The van der Waals surface area contributed by atoms with Gasteiger partial charge in [0.2, 0.25) is 0 Å². The molecule has 2 rings (SSSR count). The van der Waals surface area contributed by atoms with E-state index in [-0.39, 0.29) is 11.8 Å². The highest BCUT2D eigenvalue weighted by Crippen LogP contribution is 2.15. The minimum atomic E-state index is -0.151. The fraction of sp³-hybridized carbons (Fsp3) is 0.556. The number of carbonyl (C=O) groups is 2. The summed E-state index contributed by atoms with van der Waals surface area (Å²) in [6, 6.07) is 7.58. The first-order valence-corrected chi connectivity index (χ1v) is 8.64. The Hall–Kier alpha value is -1.88. The van der Waals surface area contributed by atoms with Crippen molar-refractivity contribution in [3.8, 4) is 0 Å². The normalized spacial score (nSPS) is 16.2. The number of quaternary nitrogens is 1. The number of hydrogen-bond acceptors (Lipinski definition) is 2. The van der Waals surface area contributed by atoms with Crippen molar-refractivity contribution in [2.75, 3.05) is 18.9 Å². The second-order valence-electron chi connectivity index (χ2n) is 6.25. The highest BCUT2D eigenvalue weighted by molar-refractivity contribution is 5.97. The Morgan fingerprint density at radius 2 is 1.83 bits per heavy atom.